The molecule has 1 N–H and O–H groups in total. The number of cyclic esters (lactones) is 1. The molecular weight excluding hydrogens is 330 g/mol. The summed E-state index contributed by atoms with van der Waals surface area (Å²) in [5.41, 5.74) is 2.35. The lowest BCUT2D eigenvalue weighted by Gasteiger charge is -2.16. The minimum atomic E-state index is -1.21. The number of hydrogen-bond donors (Lipinski definition) is 1. The Morgan fingerprint density at radius 2 is 1.79 bits per heavy atom. The Bertz CT molecular complexity index is 800. The lowest BCUT2D eigenvalue weighted by Crippen LogP contribution is -2.24. The third-order valence-electron chi connectivity index (χ3n) is 3.42. The maximum absolute atomic E-state index is 12.1. The highest BCUT2D eigenvalue weighted by atomic mass is 35.5. The Morgan fingerprint density at radius 1 is 1.12 bits per heavy atom. The minimum absolute atomic E-state index is 0.138. The summed E-state index contributed by atoms with van der Waals surface area (Å²) in [7, 11) is 0. The number of benzene rings is 2. The van der Waals surface area contributed by atoms with Crippen LogP contribution in [0.2, 0.25) is 0 Å². The predicted octanol–water partition coefficient (Wildman–Crippen LogP) is 3.60. The van der Waals surface area contributed by atoms with Crippen LogP contribution in [-0.2, 0) is 14.3 Å². The highest BCUT2D eigenvalue weighted by Crippen LogP contribution is 2.28. The van der Waals surface area contributed by atoms with Crippen LogP contribution >= 0.6 is 11.6 Å². The molecule has 0 unspecified atom stereocenters. The van der Waals surface area contributed by atoms with E-state index >= 15 is 0 Å². The van der Waals surface area contributed by atoms with E-state index in [0.29, 0.717) is 11.3 Å². The van der Waals surface area contributed by atoms with Gasteiger partial charge in [0.05, 0.1) is 5.56 Å². The Kier molecular flexibility index (Phi) is 4.53. The van der Waals surface area contributed by atoms with Crippen LogP contribution in [-0.4, -0.2) is 18.2 Å². The number of carbonyl (C=O) groups excluding carboxylic acids is 2. The van der Waals surface area contributed by atoms with E-state index in [0.717, 1.165) is 5.56 Å². The molecule has 1 atom stereocenters. The molecule has 0 bridgehead atoms. The fourth-order valence-corrected chi connectivity index (χ4v) is 2.33. The molecule has 1 heterocycles. The van der Waals surface area contributed by atoms with Crippen LogP contribution < -0.4 is 5.32 Å². The van der Waals surface area contributed by atoms with Gasteiger partial charge in [-0.2, -0.15) is 0 Å². The van der Waals surface area contributed by atoms with Crippen LogP contribution in [0.5, 0.6) is 0 Å². The smallest absolute Gasteiger partial charge is 0.355 e. The van der Waals surface area contributed by atoms with Gasteiger partial charge < -0.3 is 14.8 Å². The van der Waals surface area contributed by atoms with Gasteiger partial charge in [-0.05, 0) is 31.2 Å². The Labute approximate surface area is 143 Å². The summed E-state index contributed by atoms with van der Waals surface area (Å²) in [6, 6.07) is 15.9. The van der Waals surface area contributed by atoms with Crippen LogP contribution in [0.4, 0.5) is 5.69 Å². The van der Waals surface area contributed by atoms with E-state index in [1.165, 1.54) is 0 Å². The fraction of sp³-hybridized carbons (Fsp3) is 0.111. The first-order valence-electron chi connectivity index (χ1n) is 7.25. The minimum Gasteiger partial charge on any atom is -0.415 e. The molecule has 2 aromatic carbocycles. The topological polar surface area (TPSA) is 64.6 Å². The van der Waals surface area contributed by atoms with Gasteiger partial charge in [-0.25, -0.2) is 9.59 Å². The maximum atomic E-state index is 12.1. The largest absolute Gasteiger partial charge is 0.415 e. The number of hydrogen-bond acceptors (Lipinski definition) is 5. The molecule has 0 amide bonds. The van der Waals surface area contributed by atoms with Gasteiger partial charge >= 0.3 is 11.9 Å². The van der Waals surface area contributed by atoms with E-state index < -0.39 is 18.2 Å². The molecule has 0 fully saturated rings. The van der Waals surface area contributed by atoms with Crippen LogP contribution in [0.1, 0.15) is 15.9 Å². The second-order valence-electron chi connectivity index (χ2n) is 5.23. The number of rotatable bonds is 4. The number of ether oxygens (including phenoxy) is 2. The van der Waals surface area contributed by atoms with E-state index in [1.807, 2.05) is 31.2 Å². The fourth-order valence-electron chi connectivity index (χ4n) is 2.15. The molecule has 3 rings (SSSR count). The highest BCUT2D eigenvalue weighted by Gasteiger charge is 2.36. The first kappa shape index (κ1) is 16.1. The van der Waals surface area contributed by atoms with E-state index in [-0.39, 0.29) is 10.7 Å². The Morgan fingerprint density at radius 3 is 2.46 bits per heavy atom. The molecule has 0 saturated carbocycles. The molecule has 2 aromatic rings. The summed E-state index contributed by atoms with van der Waals surface area (Å²) in [4.78, 5) is 23.9. The van der Waals surface area contributed by atoms with E-state index in [1.54, 1.807) is 30.3 Å². The maximum Gasteiger partial charge on any atom is 0.355 e. The summed E-state index contributed by atoms with van der Waals surface area (Å²) >= 11 is 5.99. The zero-order chi connectivity index (χ0) is 17.1. The molecule has 6 heteroatoms. The van der Waals surface area contributed by atoms with Crippen molar-refractivity contribution in [1.29, 1.82) is 0 Å². The molecule has 0 aromatic heterocycles. The predicted molar refractivity (Wildman–Crippen MR) is 89.4 cm³/mol. The number of aryl methyl sites for hydroxylation is 1. The van der Waals surface area contributed by atoms with Crippen molar-refractivity contribution >= 4 is 29.2 Å². The third-order valence-corrected chi connectivity index (χ3v) is 3.78. The normalized spacial score (nSPS) is 16.8. The number of anilines is 1. The van der Waals surface area contributed by atoms with Crippen LogP contribution in [0, 0.1) is 6.92 Å². The zero-order valence-electron chi connectivity index (χ0n) is 12.8. The third kappa shape index (κ3) is 3.41. The summed E-state index contributed by atoms with van der Waals surface area (Å²) < 4.78 is 10.3. The monoisotopic (exact) mass is 343 g/mol. The van der Waals surface area contributed by atoms with Crippen molar-refractivity contribution in [2.45, 2.75) is 13.2 Å². The number of nitrogens with one attached hydrogen (secondary N) is 1. The van der Waals surface area contributed by atoms with Crippen LogP contribution in [0.25, 0.3) is 0 Å². The molecule has 1 aliphatic heterocycles. The van der Waals surface area contributed by atoms with Gasteiger partial charge in [0.25, 0.3) is 6.29 Å². The average Bonchev–Trinajstić information content (AvgIpc) is 2.85. The van der Waals surface area contributed by atoms with Crippen LogP contribution in [0.3, 0.4) is 0 Å². The van der Waals surface area contributed by atoms with Gasteiger partial charge in [0.15, 0.2) is 5.03 Å². The van der Waals surface area contributed by atoms with Gasteiger partial charge in [-0.3, -0.25) is 0 Å². The van der Waals surface area contributed by atoms with Crippen molar-refractivity contribution in [3.05, 3.63) is 76.5 Å². The van der Waals surface area contributed by atoms with Gasteiger partial charge in [0, 0.05) is 5.69 Å². The molecule has 24 heavy (non-hydrogen) atoms. The van der Waals surface area contributed by atoms with Gasteiger partial charge in [0.2, 0.25) is 0 Å². The van der Waals surface area contributed by atoms with Crippen molar-refractivity contribution < 1.29 is 19.1 Å². The molecule has 0 saturated heterocycles. The average molecular weight is 344 g/mol. The van der Waals surface area contributed by atoms with Gasteiger partial charge in [0.1, 0.15) is 5.70 Å². The first-order chi connectivity index (χ1) is 11.5. The highest BCUT2D eigenvalue weighted by molar-refractivity contribution is 6.42. The van der Waals surface area contributed by atoms with Gasteiger partial charge in [-0.15, -0.1) is 0 Å². The summed E-state index contributed by atoms with van der Waals surface area (Å²) in [5.74, 6) is -1.35. The van der Waals surface area contributed by atoms with Crippen LogP contribution in [0.15, 0.2) is 65.3 Å². The van der Waals surface area contributed by atoms with Gasteiger partial charge in [-0.1, -0.05) is 47.5 Å². The second-order valence-corrected chi connectivity index (χ2v) is 5.61. The molecular formula is C18H14ClNO4. The van der Waals surface area contributed by atoms with Crippen molar-refractivity contribution in [2.24, 2.45) is 0 Å². The van der Waals surface area contributed by atoms with E-state index in [4.69, 9.17) is 21.1 Å². The second kappa shape index (κ2) is 6.76. The van der Waals surface area contributed by atoms with Crippen molar-refractivity contribution in [3.8, 4) is 0 Å². The molecule has 1 aliphatic rings. The molecule has 122 valence electrons. The van der Waals surface area contributed by atoms with Crippen molar-refractivity contribution in [3.63, 3.8) is 0 Å². The number of carbonyl (C=O) groups is 2. The first-order valence-corrected chi connectivity index (χ1v) is 7.63. The summed E-state index contributed by atoms with van der Waals surface area (Å²) in [6.07, 6.45) is -1.21. The zero-order valence-corrected chi connectivity index (χ0v) is 13.5. The lowest BCUT2D eigenvalue weighted by atomic mass is 10.2. The van der Waals surface area contributed by atoms with Crippen molar-refractivity contribution in [1.82, 2.24) is 0 Å². The lowest BCUT2D eigenvalue weighted by molar-refractivity contribution is -0.152. The standard InChI is InChI=1S/C18H14ClNO4/c1-11-7-9-13(10-8-11)20-15-14(19)17(22)24-18(15)23-16(21)12-5-3-2-4-6-12/h2-10,18,20H,1H3/t18-/m1/s1. The van der Waals surface area contributed by atoms with E-state index in [9.17, 15) is 9.59 Å². The van der Waals surface area contributed by atoms with Crippen molar-refractivity contribution in [2.75, 3.05) is 5.32 Å². The summed E-state index contributed by atoms with van der Waals surface area (Å²) in [6.45, 7) is 1.96. The summed E-state index contributed by atoms with van der Waals surface area (Å²) in [5, 5.41) is 2.84. The number of halogens is 1. The molecule has 5 nitrogen and oxygen atoms in total. The number of esters is 2. The SMILES string of the molecule is Cc1ccc(NC2=C(Cl)C(=O)O[C@H]2OC(=O)c2ccccc2)cc1. The van der Waals surface area contributed by atoms with E-state index in [2.05, 4.69) is 5.32 Å². The quantitative estimate of drug-likeness (QED) is 0.859. The molecule has 0 aliphatic carbocycles. The molecule has 0 spiro atoms. The molecule has 0 radical (unpaired) electrons. The Hall–Kier alpha value is -2.79. The Balaban J connectivity index is 1.78.